The van der Waals surface area contributed by atoms with Crippen LogP contribution in [0.25, 0.3) is 0 Å². The lowest BCUT2D eigenvalue weighted by Gasteiger charge is -2.42. The molecule has 1 aromatic rings. The number of carbonyl (C=O) groups excluding carboxylic acids is 2. The van der Waals surface area contributed by atoms with Crippen LogP contribution >= 0.6 is 0 Å². The molecule has 0 radical (unpaired) electrons. The van der Waals surface area contributed by atoms with E-state index in [2.05, 4.69) is 48.1 Å². The van der Waals surface area contributed by atoms with Crippen LogP contribution in [0.15, 0.2) is 36.6 Å². The maximum Gasteiger partial charge on any atom is 0.343 e. The monoisotopic (exact) mass is 348 g/mol. The molecule has 0 unspecified atom stereocenters. The van der Waals surface area contributed by atoms with Crippen molar-refractivity contribution < 1.29 is 18.8 Å². The van der Waals surface area contributed by atoms with Crippen molar-refractivity contribution in [2.24, 2.45) is 0 Å². The summed E-state index contributed by atoms with van der Waals surface area (Å²) in [5.74, 6) is -0.0339. The lowest BCUT2D eigenvalue weighted by Crippen LogP contribution is -2.50. The number of esters is 1. The number of aldehydes is 1. The van der Waals surface area contributed by atoms with Crippen molar-refractivity contribution in [1.82, 2.24) is 0 Å². The molecule has 24 heavy (non-hydrogen) atoms. The molecule has 0 atom stereocenters. The van der Waals surface area contributed by atoms with Crippen LogP contribution in [0.5, 0.6) is 5.75 Å². The molecule has 0 aliphatic rings. The van der Waals surface area contributed by atoms with Gasteiger partial charge in [-0.2, -0.15) is 0 Å². The van der Waals surface area contributed by atoms with E-state index < -0.39 is 14.3 Å². The van der Waals surface area contributed by atoms with Gasteiger partial charge in [0.25, 0.3) is 8.32 Å². The summed E-state index contributed by atoms with van der Waals surface area (Å²) >= 11 is 0. The van der Waals surface area contributed by atoms with Crippen LogP contribution < -0.4 is 4.43 Å². The predicted molar refractivity (Wildman–Crippen MR) is 98.7 cm³/mol. The third-order valence-corrected chi connectivity index (χ3v) is 10.5. The second-order valence-electron chi connectivity index (χ2n) is 6.92. The molecule has 0 bridgehead atoms. The minimum absolute atomic E-state index is 0.203. The first-order valence-corrected chi connectivity index (χ1v) is 10.4. The van der Waals surface area contributed by atoms with Gasteiger partial charge in [0.15, 0.2) is 12.0 Å². The molecule has 0 fully saturated rings. The highest BCUT2D eigenvalue weighted by Gasteiger charge is 2.46. The van der Waals surface area contributed by atoms with Crippen LogP contribution in [0.1, 0.15) is 51.9 Å². The minimum atomic E-state index is -2.02. The third kappa shape index (κ3) is 4.35. The van der Waals surface area contributed by atoms with E-state index in [1.165, 1.54) is 0 Å². The van der Waals surface area contributed by atoms with Gasteiger partial charge in [-0.1, -0.05) is 48.1 Å². The summed E-state index contributed by atoms with van der Waals surface area (Å²) in [4.78, 5) is 22.3. The fourth-order valence-electron chi connectivity index (χ4n) is 3.42. The van der Waals surface area contributed by atoms with Crippen molar-refractivity contribution in [2.75, 3.05) is 0 Å². The van der Waals surface area contributed by atoms with E-state index in [0.717, 1.165) is 5.75 Å². The van der Waals surface area contributed by atoms with Gasteiger partial charge in [0.2, 0.25) is 0 Å². The number of carbonyl (C=O) groups is 2. The number of hydrogen-bond donors (Lipinski definition) is 0. The molecule has 0 saturated carbocycles. The molecule has 132 valence electrons. The average Bonchev–Trinajstić information content (AvgIpc) is 2.51. The highest BCUT2D eigenvalue weighted by atomic mass is 28.4. The fraction of sp³-hybridized carbons (Fsp3) is 0.474. The predicted octanol–water partition coefficient (Wildman–Crippen LogP) is 5.11. The quantitative estimate of drug-likeness (QED) is 0.215. The molecule has 5 heteroatoms. The number of hydrogen-bond acceptors (Lipinski definition) is 4. The van der Waals surface area contributed by atoms with Gasteiger partial charge < -0.3 is 9.16 Å². The molecule has 0 saturated heterocycles. The van der Waals surface area contributed by atoms with Crippen LogP contribution in [0.3, 0.4) is 0 Å². The molecular formula is C19H28O4Si. The topological polar surface area (TPSA) is 52.6 Å². The summed E-state index contributed by atoms with van der Waals surface area (Å²) in [6.07, 6.45) is 0.406. The maximum atomic E-state index is 11.9. The van der Waals surface area contributed by atoms with Crippen LogP contribution in [0.4, 0.5) is 0 Å². The Bertz CT molecular complexity index is 566. The summed E-state index contributed by atoms with van der Waals surface area (Å²) in [5.41, 5.74) is 1.77. The molecule has 1 aromatic carbocycles. The zero-order valence-corrected chi connectivity index (χ0v) is 16.5. The summed E-state index contributed by atoms with van der Waals surface area (Å²) < 4.78 is 11.3. The maximum absolute atomic E-state index is 11.9. The molecular weight excluding hydrogens is 320 g/mol. The molecule has 0 aliphatic carbocycles. The van der Waals surface area contributed by atoms with Crippen LogP contribution in [-0.4, -0.2) is 20.6 Å². The largest absolute Gasteiger partial charge is 0.543 e. The van der Waals surface area contributed by atoms with Gasteiger partial charge in [0.1, 0.15) is 5.75 Å². The Morgan fingerprint density at radius 2 is 1.46 bits per heavy atom. The van der Waals surface area contributed by atoms with Gasteiger partial charge in [-0.3, -0.25) is 4.79 Å². The average molecular weight is 349 g/mol. The van der Waals surface area contributed by atoms with E-state index in [9.17, 15) is 9.59 Å². The molecule has 0 N–H and O–H groups in total. The zero-order chi connectivity index (χ0) is 18.5. The van der Waals surface area contributed by atoms with Gasteiger partial charge in [-0.05, 0) is 40.9 Å². The number of benzene rings is 1. The Hall–Kier alpha value is -1.88. The van der Waals surface area contributed by atoms with Crippen molar-refractivity contribution >= 4 is 20.6 Å². The van der Waals surface area contributed by atoms with E-state index >= 15 is 0 Å². The van der Waals surface area contributed by atoms with E-state index in [0.29, 0.717) is 28.5 Å². The van der Waals surface area contributed by atoms with Crippen molar-refractivity contribution in [3.8, 4) is 5.75 Å². The lowest BCUT2D eigenvalue weighted by molar-refractivity contribution is -0.107. The Balaban J connectivity index is 3.01. The Kier molecular flexibility index (Phi) is 6.96. The van der Waals surface area contributed by atoms with Crippen molar-refractivity contribution in [3.05, 3.63) is 42.2 Å². The summed E-state index contributed by atoms with van der Waals surface area (Å²) in [7, 11) is -2.02. The summed E-state index contributed by atoms with van der Waals surface area (Å²) in [6, 6.07) is 6.87. The standard InChI is InChI=1S/C19H28O4Si/c1-13(2)24(14(3)4,15(5)6)23-18-10-8-17(9-11-18)19(21)22-16(7)12-20/h8-15H,7H2,1-6H3. The van der Waals surface area contributed by atoms with Gasteiger partial charge >= 0.3 is 5.97 Å². The van der Waals surface area contributed by atoms with E-state index in [1.807, 2.05) is 0 Å². The first kappa shape index (κ1) is 20.2. The third-order valence-electron chi connectivity index (χ3n) is 4.45. The second kappa shape index (κ2) is 8.28. The molecule has 4 nitrogen and oxygen atoms in total. The second-order valence-corrected chi connectivity index (χ2v) is 12.3. The van der Waals surface area contributed by atoms with E-state index in [4.69, 9.17) is 9.16 Å². The van der Waals surface area contributed by atoms with Crippen LogP contribution in [-0.2, 0) is 9.53 Å². The minimum Gasteiger partial charge on any atom is -0.543 e. The summed E-state index contributed by atoms with van der Waals surface area (Å²) in [6.45, 7) is 16.7. The highest BCUT2D eigenvalue weighted by molar-refractivity contribution is 6.78. The van der Waals surface area contributed by atoms with Crippen molar-refractivity contribution in [2.45, 2.75) is 58.2 Å². The molecule has 1 rings (SSSR count). The summed E-state index contributed by atoms with van der Waals surface area (Å²) in [5, 5.41) is 0. The van der Waals surface area contributed by atoms with Gasteiger partial charge in [-0.25, -0.2) is 4.79 Å². The van der Waals surface area contributed by atoms with Gasteiger partial charge in [0, 0.05) is 0 Å². The first-order valence-electron chi connectivity index (χ1n) is 8.30. The Morgan fingerprint density at radius 1 is 1.00 bits per heavy atom. The Labute approximate surface area is 146 Å². The molecule has 0 amide bonds. The molecule has 0 heterocycles. The smallest absolute Gasteiger partial charge is 0.343 e. The number of allylic oxidation sites excluding steroid dienone is 1. The number of ether oxygens (including phenoxy) is 1. The first-order chi connectivity index (χ1) is 11.1. The van der Waals surface area contributed by atoms with Gasteiger partial charge in [0.05, 0.1) is 5.56 Å². The SMILES string of the molecule is C=C(C=O)OC(=O)c1ccc(O[Si](C(C)C)(C(C)C)C(C)C)cc1. The van der Waals surface area contributed by atoms with Gasteiger partial charge in [-0.15, -0.1) is 0 Å². The molecule has 0 aliphatic heterocycles. The molecule has 0 aromatic heterocycles. The van der Waals surface area contributed by atoms with Crippen molar-refractivity contribution in [1.29, 1.82) is 0 Å². The van der Waals surface area contributed by atoms with Crippen LogP contribution in [0, 0.1) is 0 Å². The lowest BCUT2D eigenvalue weighted by atomic mass is 10.2. The van der Waals surface area contributed by atoms with Crippen LogP contribution in [0.2, 0.25) is 16.6 Å². The zero-order valence-electron chi connectivity index (χ0n) is 15.5. The van der Waals surface area contributed by atoms with Crippen molar-refractivity contribution in [3.63, 3.8) is 0 Å². The Morgan fingerprint density at radius 3 is 1.83 bits per heavy atom. The van der Waals surface area contributed by atoms with E-state index in [1.54, 1.807) is 24.3 Å². The highest BCUT2D eigenvalue weighted by Crippen LogP contribution is 2.42. The molecule has 0 spiro atoms. The normalized spacial score (nSPS) is 11.7. The fourth-order valence-corrected chi connectivity index (χ4v) is 8.67. The van der Waals surface area contributed by atoms with E-state index in [-0.39, 0.29) is 5.76 Å². The number of rotatable bonds is 8.